The van der Waals surface area contributed by atoms with Crippen LogP contribution in [-0.2, 0) is 10.2 Å². The van der Waals surface area contributed by atoms with Crippen LogP contribution < -0.4 is 5.32 Å². The van der Waals surface area contributed by atoms with E-state index in [1.54, 1.807) is 12.2 Å². The molecule has 3 aromatic rings. The zero-order valence-corrected chi connectivity index (χ0v) is 20.0. The summed E-state index contributed by atoms with van der Waals surface area (Å²) in [4.78, 5) is 23.9. The summed E-state index contributed by atoms with van der Waals surface area (Å²) < 4.78 is 2.01. The number of aromatic nitrogens is 3. The van der Waals surface area contributed by atoms with Crippen LogP contribution >= 0.6 is 0 Å². The second kappa shape index (κ2) is 8.59. The lowest BCUT2D eigenvalue weighted by atomic mass is 9.49. The summed E-state index contributed by atoms with van der Waals surface area (Å²) in [5, 5.41) is 11.5. The molecule has 2 aromatic carbocycles. The number of anilines is 1. The molecule has 1 heterocycles. The minimum atomic E-state index is -0.108. The number of allylic oxidation sites excluding steroid dienone is 1. The monoisotopic (exact) mass is 466 g/mol. The molecule has 0 atom stereocenters. The molecule has 0 spiro atoms. The first-order chi connectivity index (χ1) is 17.0. The fourth-order valence-electron chi connectivity index (χ4n) is 7.13. The van der Waals surface area contributed by atoms with Gasteiger partial charge in [-0.25, -0.2) is 4.68 Å². The Morgan fingerprint density at radius 3 is 2.17 bits per heavy atom. The summed E-state index contributed by atoms with van der Waals surface area (Å²) in [6.45, 7) is 1.48. The molecule has 6 nitrogen and oxygen atoms in total. The molecule has 6 heteroatoms. The van der Waals surface area contributed by atoms with E-state index in [0.717, 1.165) is 34.7 Å². The van der Waals surface area contributed by atoms with Crippen LogP contribution in [0.3, 0.4) is 0 Å². The predicted molar refractivity (Wildman–Crippen MR) is 135 cm³/mol. The van der Waals surface area contributed by atoms with E-state index in [1.165, 1.54) is 51.1 Å². The minimum absolute atomic E-state index is 0.0533. The molecule has 0 radical (unpaired) electrons. The van der Waals surface area contributed by atoms with Crippen molar-refractivity contribution in [2.24, 2.45) is 17.8 Å². The normalized spacial score (nSPS) is 26.8. The van der Waals surface area contributed by atoms with Crippen molar-refractivity contribution >= 4 is 23.5 Å². The number of nitrogens with zero attached hydrogens (tertiary/aromatic N) is 3. The van der Waals surface area contributed by atoms with Gasteiger partial charge in [-0.2, -0.15) is 0 Å². The number of ketones is 1. The average molecular weight is 467 g/mol. The van der Waals surface area contributed by atoms with Crippen molar-refractivity contribution in [2.45, 2.75) is 50.9 Å². The van der Waals surface area contributed by atoms with Crippen LogP contribution in [0.1, 0.15) is 67.1 Å². The van der Waals surface area contributed by atoms with Gasteiger partial charge >= 0.3 is 0 Å². The van der Waals surface area contributed by atoms with Gasteiger partial charge in [-0.05, 0) is 104 Å². The van der Waals surface area contributed by atoms with Crippen molar-refractivity contribution in [3.05, 3.63) is 77.6 Å². The Kier molecular flexibility index (Phi) is 5.39. The third kappa shape index (κ3) is 4.22. The Bertz CT molecular complexity index is 1250. The molecule has 0 unspecified atom stereocenters. The molecule has 4 bridgehead atoms. The number of rotatable bonds is 6. The maximum Gasteiger partial charge on any atom is 0.221 e. The Morgan fingerprint density at radius 2 is 1.57 bits per heavy atom. The number of amides is 1. The van der Waals surface area contributed by atoms with Crippen LogP contribution in [0.2, 0.25) is 0 Å². The van der Waals surface area contributed by atoms with Crippen LogP contribution in [0.25, 0.3) is 11.8 Å². The number of benzene rings is 2. The van der Waals surface area contributed by atoms with Crippen molar-refractivity contribution in [3.8, 4) is 5.69 Å². The van der Waals surface area contributed by atoms with Crippen LogP contribution in [0.4, 0.5) is 5.69 Å². The summed E-state index contributed by atoms with van der Waals surface area (Å²) in [7, 11) is 0. The van der Waals surface area contributed by atoms with E-state index < -0.39 is 0 Å². The van der Waals surface area contributed by atoms with Crippen molar-refractivity contribution < 1.29 is 9.59 Å². The molecular weight excluding hydrogens is 436 g/mol. The maximum absolute atomic E-state index is 12.7. The molecule has 4 fully saturated rings. The second-order valence-corrected chi connectivity index (χ2v) is 10.8. The van der Waals surface area contributed by atoms with Crippen LogP contribution in [0, 0.1) is 17.8 Å². The smallest absolute Gasteiger partial charge is 0.221 e. The Balaban J connectivity index is 1.18. The van der Waals surface area contributed by atoms with E-state index in [0.29, 0.717) is 5.56 Å². The summed E-state index contributed by atoms with van der Waals surface area (Å²) in [6, 6.07) is 15.1. The van der Waals surface area contributed by atoms with Crippen molar-refractivity contribution in [1.29, 1.82) is 0 Å². The summed E-state index contributed by atoms with van der Waals surface area (Å²) in [5.74, 6) is 2.42. The lowest BCUT2D eigenvalue weighted by Crippen LogP contribution is -2.49. The largest absolute Gasteiger partial charge is 0.326 e. The number of hydrogen-bond acceptors (Lipinski definition) is 4. The molecule has 4 aliphatic rings. The van der Waals surface area contributed by atoms with Gasteiger partial charge in [-0.15, -0.1) is 5.10 Å². The number of hydrogen-bond donors (Lipinski definition) is 1. The highest BCUT2D eigenvalue weighted by Crippen LogP contribution is 2.60. The third-order valence-corrected chi connectivity index (χ3v) is 8.19. The zero-order chi connectivity index (χ0) is 24.0. The molecule has 35 heavy (non-hydrogen) atoms. The Labute approximate surface area is 205 Å². The van der Waals surface area contributed by atoms with E-state index in [4.69, 9.17) is 0 Å². The lowest BCUT2D eigenvalue weighted by Gasteiger charge is -2.56. The number of nitrogens with one attached hydrogen (secondary N) is 1. The average Bonchev–Trinajstić information content (AvgIpc) is 3.33. The van der Waals surface area contributed by atoms with Crippen LogP contribution in [-0.4, -0.2) is 26.7 Å². The molecule has 7 rings (SSSR count). The second-order valence-electron chi connectivity index (χ2n) is 10.8. The maximum atomic E-state index is 12.7. The highest BCUT2D eigenvalue weighted by atomic mass is 16.1. The number of carbonyl (C=O) groups excluding carboxylic acids is 2. The van der Waals surface area contributed by atoms with Gasteiger partial charge in [-0.1, -0.05) is 23.4 Å². The minimum Gasteiger partial charge on any atom is -0.326 e. The van der Waals surface area contributed by atoms with Gasteiger partial charge in [0.1, 0.15) is 0 Å². The molecule has 0 aliphatic heterocycles. The molecule has 1 aromatic heterocycles. The fraction of sp³-hybridized carbons (Fsp3) is 0.379. The van der Waals surface area contributed by atoms with E-state index in [-0.39, 0.29) is 17.1 Å². The zero-order valence-electron chi connectivity index (χ0n) is 20.0. The van der Waals surface area contributed by atoms with Gasteiger partial charge in [0.2, 0.25) is 5.91 Å². The van der Waals surface area contributed by atoms with E-state index in [9.17, 15) is 9.59 Å². The molecule has 0 saturated heterocycles. The first-order valence-corrected chi connectivity index (χ1v) is 12.6. The Hall–Kier alpha value is -3.54. The van der Waals surface area contributed by atoms with Gasteiger partial charge in [-0.3, -0.25) is 9.59 Å². The van der Waals surface area contributed by atoms with Crippen molar-refractivity contribution in [3.63, 3.8) is 0 Å². The lowest BCUT2D eigenvalue weighted by molar-refractivity contribution is -0.114. The highest BCUT2D eigenvalue weighted by molar-refractivity contribution is 6.06. The highest BCUT2D eigenvalue weighted by Gasteiger charge is 2.53. The van der Waals surface area contributed by atoms with Gasteiger partial charge in [0, 0.05) is 23.6 Å². The SMILES string of the molecule is CC(=O)Nc1ccc(C=CC(=O)c2ccc(-n3nncc3C34CC5CC(CC(C5)C3)C4)cc2)cc1. The molecule has 1 N–H and O–H groups in total. The first-order valence-electron chi connectivity index (χ1n) is 12.6. The van der Waals surface area contributed by atoms with Crippen LogP contribution in [0.5, 0.6) is 0 Å². The molecule has 178 valence electrons. The van der Waals surface area contributed by atoms with Gasteiger partial charge in [0.05, 0.1) is 17.6 Å². The molecule has 4 aliphatic carbocycles. The predicted octanol–water partition coefficient (Wildman–Crippen LogP) is 5.59. The van der Waals surface area contributed by atoms with Crippen LogP contribution in [0.15, 0.2) is 60.8 Å². The van der Waals surface area contributed by atoms with Gasteiger partial charge < -0.3 is 5.32 Å². The third-order valence-electron chi connectivity index (χ3n) is 8.19. The summed E-state index contributed by atoms with van der Waals surface area (Å²) >= 11 is 0. The molecule has 1 amide bonds. The van der Waals surface area contributed by atoms with Crippen molar-refractivity contribution in [2.75, 3.05) is 5.32 Å². The van der Waals surface area contributed by atoms with Crippen molar-refractivity contribution in [1.82, 2.24) is 15.0 Å². The topological polar surface area (TPSA) is 76.9 Å². The van der Waals surface area contributed by atoms with Gasteiger partial charge in [0.25, 0.3) is 0 Å². The van der Waals surface area contributed by atoms with E-state index in [1.807, 2.05) is 59.4 Å². The molecule has 4 saturated carbocycles. The first kappa shape index (κ1) is 22.0. The van der Waals surface area contributed by atoms with E-state index in [2.05, 4.69) is 15.6 Å². The molecular formula is C29H30N4O2. The standard InChI is InChI=1S/C29H30N4O2/c1-19(34)31-25-7-2-20(3-8-25)4-11-27(35)24-5-9-26(10-6-24)33-28(18-30-32-33)29-15-21-12-22(16-29)14-23(13-21)17-29/h2-11,18,21-23H,12-17H2,1H3,(H,31,34). The summed E-state index contributed by atoms with van der Waals surface area (Å²) in [6.07, 6.45) is 13.4. The fourth-order valence-corrected chi connectivity index (χ4v) is 7.13. The quantitative estimate of drug-likeness (QED) is 0.379. The van der Waals surface area contributed by atoms with E-state index >= 15 is 0 Å². The number of carbonyl (C=O) groups is 2. The van der Waals surface area contributed by atoms with Gasteiger partial charge in [0.15, 0.2) is 5.78 Å². The summed E-state index contributed by atoms with van der Waals surface area (Å²) in [5.41, 5.74) is 4.69. The Morgan fingerprint density at radius 1 is 0.943 bits per heavy atom.